The van der Waals surface area contributed by atoms with Crippen LogP contribution in [0.25, 0.3) is 0 Å². The molecule has 1 aliphatic heterocycles. The summed E-state index contributed by atoms with van der Waals surface area (Å²) in [5, 5.41) is 0. The molecule has 1 fully saturated rings. The molecule has 22 heavy (non-hydrogen) atoms. The van der Waals surface area contributed by atoms with Crippen molar-refractivity contribution < 1.29 is 14.3 Å². The molecule has 6 nitrogen and oxygen atoms in total. The van der Waals surface area contributed by atoms with Crippen LogP contribution in [0.15, 0.2) is 42.9 Å². The van der Waals surface area contributed by atoms with Crippen molar-refractivity contribution in [1.82, 2.24) is 14.9 Å². The van der Waals surface area contributed by atoms with E-state index in [1.165, 1.54) is 7.11 Å². The van der Waals surface area contributed by atoms with Gasteiger partial charge in [-0.25, -0.2) is 4.98 Å². The third-order valence-corrected chi connectivity index (χ3v) is 3.56. The van der Waals surface area contributed by atoms with Crippen LogP contribution in [-0.4, -0.2) is 47.6 Å². The summed E-state index contributed by atoms with van der Waals surface area (Å²) in [4.78, 5) is 22.2. The second-order valence-corrected chi connectivity index (χ2v) is 5.14. The van der Waals surface area contributed by atoms with Crippen molar-refractivity contribution >= 4 is 5.91 Å². The molecule has 0 saturated carbocycles. The molecule has 0 unspecified atom stereocenters. The van der Waals surface area contributed by atoms with E-state index in [0.29, 0.717) is 37.1 Å². The third kappa shape index (κ3) is 3.00. The van der Waals surface area contributed by atoms with Gasteiger partial charge in [-0.3, -0.25) is 9.78 Å². The zero-order chi connectivity index (χ0) is 15.4. The standard InChI is InChI=1S/C16H17N3O3/c1-21-15-14(5-3-7-18-15)16(20)19-9-12(10-19)11-22-13-4-2-6-17-8-13/h2-8,12H,9-11H2,1H3. The molecular formula is C16H17N3O3. The molecule has 2 aromatic rings. The molecular weight excluding hydrogens is 282 g/mol. The van der Waals surface area contributed by atoms with Crippen LogP contribution in [-0.2, 0) is 0 Å². The van der Waals surface area contributed by atoms with Gasteiger partial charge >= 0.3 is 0 Å². The Morgan fingerprint density at radius 2 is 2.14 bits per heavy atom. The van der Waals surface area contributed by atoms with Gasteiger partial charge in [-0.05, 0) is 24.3 Å². The number of hydrogen-bond acceptors (Lipinski definition) is 5. The quantitative estimate of drug-likeness (QED) is 0.839. The molecule has 3 heterocycles. The lowest BCUT2D eigenvalue weighted by molar-refractivity contribution is 0.0389. The van der Waals surface area contributed by atoms with Crippen molar-refractivity contribution in [3.8, 4) is 11.6 Å². The minimum absolute atomic E-state index is 0.0532. The van der Waals surface area contributed by atoms with Crippen LogP contribution in [0.4, 0.5) is 0 Å². The van der Waals surface area contributed by atoms with E-state index in [4.69, 9.17) is 9.47 Å². The van der Waals surface area contributed by atoms with Gasteiger partial charge in [0.1, 0.15) is 11.3 Å². The molecule has 0 aromatic carbocycles. The van der Waals surface area contributed by atoms with E-state index >= 15 is 0 Å². The highest BCUT2D eigenvalue weighted by Gasteiger charge is 2.33. The molecule has 114 valence electrons. The maximum Gasteiger partial charge on any atom is 0.259 e. The summed E-state index contributed by atoms with van der Waals surface area (Å²) >= 11 is 0. The lowest BCUT2D eigenvalue weighted by Gasteiger charge is -2.39. The van der Waals surface area contributed by atoms with Crippen LogP contribution in [0, 0.1) is 5.92 Å². The van der Waals surface area contributed by atoms with Crippen molar-refractivity contribution in [3.63, 3.8) is 0 Å². The lowest BCUT2D eigenvalue weighted by atomic mass is 10.00. The number of methoxy groups -OCH3 is 1. The molecule has 6 heteroatoms. The smallest absolute Gasteiger partial charge is 0.259 e. The Labute approximate surface area is 128 Å². The van der Waals surface area contributed by atoms with Gasteiger partial charge in [0.15, 0.2) is 0 Å². The number of carbonyl (C=O) groups excluding carboxylic acids is 1. The van der Waals surface area contributed by atoms with E-state index in [1.807, 2.05) is 12.1 Å². The van der Waals surface area contributed by atoms with E-state index in [1.54, 1.807) is 35.6 Å². The molecule has 0 spiro atoms. The fourth-order valence-corrected chi connectivity index (χ4v) is 2.37. The molecule has 0 aliphatic carbocycles. The lowest BCUT2D eigenvalue weighted by Crippen LogP contribution is -2.52. The summed E-state index contributed by atoms with van der Waals surface area (Å²) < 4.78 is 10.8. The van der Waals surface area contributed by atoms with Gasteiger partial charge in [-0.15, -0.1) is 0 Å². The van der Waals surface area contributed by atoms with Gasteiger partial charge in [0.2, 0.25) is 5.88 Å². The first-order valence-electron chi connectivity index (χ1n) is 7.09. The number of pyridine rings is 2. The summed E-state index contributed by atoms with van der Waals surface area (Å²) in [7, 11) is 1.51. The Morgan fingerprint density at radius 1 is 1.32 bits per heavy atom. The Hall–Kier alpha value is -2.63. The van der Waals surface area contributed by atoms with Gasteiger partial charge in [-0.2, -0.15) is 0 Å². The summed E-state index contributed by atoms with van der Waals surface area (Å²) in [5.74, 6) is 1.40. The maximum absolute atomic E-state index is 12.4. The van der Waals surface area contributed by atoms with Gasteiger partial charge in [0, 0.05) is 31.4 Å². The van der Waals surface area contributed by atoms with E-state index in [9.17, 15) is 4.79 Å². The Bertz CT molecular complexity index is 642. The number of amides is 1. The predicted octanol–water partition coefficient (Wildman–Crippen LogP) is 1.64. The minimum atomic E-state index is -0.0532. The van der Waals surface area contributed by atoms with E-state index < -0.39 is 0 Å². The average molecular weight is 299 g/mol. The average Bonchev–Trinajstić information content (AvgIpc) is 2.54. The van der Waals surface area contributed by atoms with Gasteiger partial charge < -0.3 is 14.4 Å². The van der Waals surface area contributed by atoms with Crippen LogP contribution in [0.3, 0.4) is 0 Å². The van der Waals surface area contributed by atoms with Gasteiger partial charge in [0.25, 0.3) is 5.91 Å². The first-order chi connectivity index (χ1) is 10.8. The summed E-state index contributed by atoms with van der Waals surface area (Å²) in [6.07, 6.45) is 5.00. The molecule has 0 atom stereocenters. The number of nitrogens with zero attached hydrogens (tertiary/aromatic N) is 3. The molecule has 1 saturated heterocycles. The highest BCUT2D eigenvalue weighted by molar-refractivity contribution is 5.96. The molecule has 1 aliphatic rings. The number of carbonyl (C=O) groups is 1. The Morgan fingerprint density at radius 3 is 2.86 bits per heavy atom. The highest BCUT2D eigenvalue weighted by Crippen LogP contribution is 2.23. The number of likely N-dealkylation sites (tertiary alicyclic amines) is 1. The highest BCUT2D eigenvalue weighted by atomic mass is 16.5. The van der Waals surface area contributed by atoms with E-state index in [0.717, 1.165) is 5.75 Å². The van der Waals surface area contributed by atoms with Crippen LogP contribution in [0.2, 0.25) is 0 Å². The molecule has 2 aromatic heterocycles. The fraction of sp³-hybridized carbons (Fsp3) is 0.312. The summed E-state index contributed by atoms with van der Waals surface area (Å²) in [6, 6.07) is 7.17. The van der Waals surface area contributed by atoms with Crippen LogP contribution < -0.4 is 9.47 Å². The predicted molar refractivity (Wildman–Crippen MR) is 79.9 cm³/mol. The summed E-state index contributed by atoms with van der Waals surface area (Å²) in [6.45, 7) is 1.94. The topological polar surface area (TPSA) is 64.5 Å². The number of hydrogen-bond donors (Lipinski definition) is 0. The van der Waals surface area contributed by atoms with Crippen LogP contribution >= 0.6 is 0 Å². The minimum Gasteiger partial charge on any atom is -0.492 e. The zero-order valence-corrected chi connectivity index (χ0v) is 12.3. The summed E-state index contributed by atoms with van der Waals surface area (Å²) in [5.41, 5.74) is 0.497. The van der Waals surface area contributed by atoms with Gasteiger partial charge in [-0.1, -0.05) is 0 Å². The second-order valence-electron chi connectivity index (χ2n) is 5.14. The zero-order valence-electron chi connectivity index (χ0n) is 12.3. The first-order valence-corrected chi connectivity index (χ1v) is 7.09. The molecule has 0 radical (unpaired) electrons. The Balaban J connectivity index is 1.51. The molecule has 1 amide bonds. The van der Waals surface area contributed by atoms with Crippen molar-refractivity contribution in [2.75, 3.05) is 26.8 Å². The fourth-order valence-electron chi connectivity index (χ4n) is 2.37. The van der Waals surface area contributed by atoms with Gasteiger partial charge in [0.05, 0.1) is 19.9 Å². The largest absolute Gasteiger partial charge is 0.492 e. The number of rotatable bonds is 5. The van der Waals surface area contributed by atoms with Crippen molar-refractivity contribution in [2.45, 2.75) is 0 Å². The SMILES string of the molecule is COc1ncccc1C(=O)N1CC(COc2cccnc2)C1. The third-order valence-electron chi connectivity index (χ3n) is 3.56. The van der Waals surface area contributed by atoms with E-state index in [-0.39, 0.29) is 5.91 Å². The molecule has 3 rings (SSSR count). The monoisotopic (exact) mass is 299 g/mol. The number of ether oxygens (including phenoxy) is 2. The maximum atomic E-state index is 12.4. The van der Waals surface area contributed by atoms with Crippen molar-refractivity contribution in [3.05, 3.63) is 48.4 Å². The van der Waals surface area contributed by atoms with Crippen LogP contribution in [0.1, 0.15) is 10.4 Å². The molecule has 0 bridgehead atoms. The van der Waals surface area contributed by atoms with E-state index in [2.05, 4.69) is 9.97 Å². The van der Waals surface area contributed by atoms with Crippen molar-refractivity contribution in [1.29, 1.82) is 0 Å². The molecule has 0 N–H and O–H groups in total. The first kappa shape index (κ1) is 14.3. The normalized spacial score (nSPS) is 14.3. The van der Waals surface area contributed by atoms with Crippen molar-refractivity contribution in [2.24, 2.45) is 5.92 Å². The van der Waals surface area contributed by atoms with Crippen LogP contribution in [0.5, 0.6) is 11.6 Å². The second kappa shape index (κ2) is 6.43. The number of aromatic nitrogens is 2. The Kier molecular flexibility index (Phi) is 4.18.